The summed E-state index contributed by atoms with van der Waals surface area (Å²) in [4.78, 5) is 0. The molecule has 5 heteroatoms. The predicted molar refractivity (Wildman–Crippen MR) is 65.5 cm³/mol. The molecule has 0 amide bonds. The molecule has 1 aromatic carbocycles. The third-order valence-electron chi connectivity index (χ3n) is 1.88. The lowest BCUT2D eigenvalue weighted by molar-refractivity contribution is 0.472. The summed E-state index contributed by atoms with van der Waals surface area (Å²) < 4.78 is 24.7. The van der Waals surface area contributed by atoms with Gasteiger partial charge in [0, 0.05) is 17.2 Å². The molecule has 3 nitrogen and oxygen atoms in total. The van der Waals surface area contributed by atoms with Gasteiger partial charge >= 0.3 is 0 Å². The molecule has 0 saturated carbocycles. The third kappa shape index (κ3) is 3.55. The van der Waals surface area contributed by atoms with Crippen LogP contribution in [0.25, 0.3) is 0 Å². The molecule has 0 heterocycles. The highest BCUT2D eigenvalue weighted by Gasteiger charge is 2.10. The Balaban J connectivity index is 2.75. The van der Waals surface area contributed by atoms with Crippen LogP contribution in [0.15, 0.2) is 24.3 Å². The minimum atomic E-state index is -3.08. The van der Waals surface area contributed by atoms with Crippen molar-refractivity contribution in [3.8, 4) is 0 Å². The van der Waals surface area contributed by atoms with E-state index in [4.69, 9.17) is 0 Å². The molecule has 0 unspecified atom stereocenters. The maximum Gasteiger partial charge on any atom is 0.211 e. The van der Waals surface area contributed by atoms with Crippen LogP contribution in [0.5, 0.6) is 0 Å². The van der Waals surface area contributed by atoms with Gasteiger partial charge in [0.2, 0.25) is 10.0 Å². The van der Waals surface area contributed by atoms with Crippen LogP contribution >= 0.6 is 22.6 Å². The minimum absolute atomic E-state index is 0.426. The molecule has 0 spiro atoms. The first-order valence-electron chi connectivity index (χ1n) is 4.05. The van der Waals surface area contributed by atoms with Crippen LogP contribution in [0.1, 0.15) is 5.56 Å². The first-order chi connectivity index (χ1) is 6.39. The number of benzene rings is 1. The summed E-state index contributed by atoms with van der Waals surface area (Å²) in [6, 6.07) is 7.80. The van der Waals surface area contributed by atoms with E-state index in [1.165, 1.54) is 10.6 Å². The van der Waals surface area contributed by atoms with E-state index in [1.54, 1.807) is 7.05 Å². The van der Waals surface area contributed by atoms with Gasteiger partial charge in [-0.05, 0) is 40.3 Å². The van der Waals surface area contributed by atoms with Crippen LogP contribution in [0.4, 0.5) is 0 Å². The van der Waals surface area contributed by atoms with Gasteiger partial charge in [-0.2, -0.15) is 0 Å². The van der Waals surface area contributed by atoms with Crippen molar-refractivity contribution in [2.45, 2.75) is 6.54 Å². The molecule has 0 aromatic heterocycles. The van der Waals surface area contributed by atoms with Crippen LogP contribution in [0.3, 0.4) is 0 Å². The van der Waals surface area contributed by atoms with Gasteiger partial charge in [0.25, 0.3) is 0 Å². The van der Waals surface area contributed by atoms with Crippen LogP contribution in [-0.4, -0.2) is 26.0 Å². The van der Waals surface area contributed by atoms with Crippen molar-refractivity contribution in [1.29, 1.82) is 0 Å². The summed E-state index contributed by atoms with van der Waals surface area (Å²) in [5.41, 5.74) is 0.998. The molecule has 78 valence electrons. The van der Waals surface area contributed by atoms with Crippen molar-refractivity contribution in [1.82, 2.24) is 4.31 Å². The van der Waals surface area contributed by atoms with Crippen molar-refractivity contribution in [3.63, 3.8) is 0 Å². The second-order valence-electron chi connectivity index (χ2n) is 3.15. The van der Waals surface area contributed by atoms with Gasteiger partial charge in [-0.1, -0.05) is 12.1 Å². The van der Waals surface area contributed by atoms with Crippen molar-refractivity contribution in [2.24, 2.45) is 0 Å². The number of nitrogens with zero attached hydrogens (tertiary/aromatic N) is 1. The zero-order valence-corrected chi connectivity index (χ0v) is 11.0. The van der Waals surface area contributed by atoms with Gasteiger partial charge in [-0.3, -0.25) is 0 Å². The Labute approximate surface area is 98.3 Å². The molecule has 0 aliphatic carbocycles. The zero-order valence-electron chi connectivity index (χ0n) is 8.07. The molecule has 0 aliphatic heterocycles. The Morgan fingerprint density at radius 1 is 1.29 bits per heavy atom. The van der Waals surface area contributed by atoms with Gasteiger partial charge in [-0.15, -0.1) is 0 Å². The first kappa shape index (κ1) is 11.9. The highest BCUT2D eigenvalue weighted by atomic mass is 127. The summed E-state index contributed by atoms with van der Waals surface area (Å²) in [6.07, 6.45) is 1.21. The Bertz CT molecular complexity index is 399. The Morgan fingerprint density at radius 3 is 2.21 bits per heavy atom. The lowest BCUT2D eigenvalue weighted by Gasteiger charge is -2.13. The average molecular weight is 325 g/mol. The first-order valence-corrected chi connectivity index (χ1v) is 6.98. The van der Waals surface area contributed by atoms with Crippen molar-refractivity contribution in [2.75, 3.05) is 13.3 Å². The fourth-order valence-corrected chi connectivity index (χ4v) is 1.71. The van der Waals surface area contributed by atoms with Gasteiger partial charge < -0.3 is 0 Å². The van der Waals surface area contributed by atoms with Gasteiger partial charge in [-0.25, -0.2) is 12.7 Å². The summed E-state index contributed by atoms with van der Waals surface area (Å²) in [5, 5.41) is 0. The average Bonchev–Trinajstić information content (AvgIpc) is 2.07. The number of sulfonamides is 1. The number of hydrogen-bond acceptors (Lipinski definition) is 2. The lowest BCUT2D eigenvalue weighted by atomic mass is 10.2. The van der Waals surface area contributed by atoms with E-state index in [9.17, 15) is 8.42 Å². The Kier molecular flexibility index (Phi) is 3.91. The SMILES string of the molecule is CN(Cc1ccc(I)cc1)S(C)(=O)=O. The molecule has 0 aliphatic rings. The number of halogens is 1. The van der Waals surface area contributed by atoms with Gasteiger partial charge in [0.05, 0.1) is 6.26 Å². The molecule has 1 rings (SSSR count). The maximum atomic E-state index is 11.1. The smallest absolute Gasteiger partial charge is 0.211 e. The number of hydrogen-bond donors (Lipinski definition) is 0. The van der Waals surface area contributed by atoms with Crippen LogP contribution in [0, 0.1) is 3.57 Å². The highest BCUT2D eigenvalue weighted by Crippen LogP contribution is 2.09. The van der Waals surface area contributed by atoms with Crippen LogP contribution in [-0.2, 0) is 16.6 Å². The van der Waals surface area contributed by atoms with E-state index in [2.05, 4.69) is 22.6 Å². The fourth-order valence-electron chi connectivity index (χ4n) is 0.964. The van der Waals surface area contributed by atoms with E-state index in [-0.39, 0.29) is 0 Å². The molecule has 0 fully saturated rings. The van der Waals surface area contributed by atoms with E-state index >= 15 is 0 Å². The quantitative estimate of drug-likeness (QED) is 0.793. The van der Waals surface area contributed by atoms with Crippen LogP contribution < -0.4 is 0 Å². The van der Waals surface area contributed by atoms with Crippen molar-refractivity contribution < 1.29 is 8.42 Å². The Hall–Kier alpha value is -0.140. The summed E-state index contributed by atoms with van der Waals surface area (Å²) in [7, 11) is -1.50. The van der Waals surface area contributed by atoms with E-state index in [0.717, 1.165) is 9.13 Å². The summed E-state index contributed by atoms with van der Waals surface area (Å²) >= 11 is 2.21. The molecule has 1 aromatic rings. The second kappa shape index (κ2) is 4.59. The lowest BCUT2D eigenvalue weighted by Crippen LogP contribution is -2.24. The topological polar surface area (TPSA) is 37.4 Å². The van der Waals surface area contributed by atoms with Crippen LogP contribution in [0.2, 0.25) is 0 Å². The van der Waals surface area contributed by atoms with E-state index < -0.39 is 10.0 Å². The normalized spacial score (nSPS) is 12.0. The van der Waals surface area contributed by atoms with Gasteiger partial charge in [0.15, 0.2) is 0 Å². The standard InChI is InChI=1S/C9H12INO2S/c1-11(14(2,12)13)7-8-3-5-9(10)6-4-8/h3-6H,7H2,1-2H3. The van der Waals surface area contributed by atoms with E-state index in [1.807, 2.05) is 24.3 Å². The summed E-state index contributed by atoms with van der Waals surface area (Å²) in [6.45, 7) is 0.426. The monoisotopic (exact) mass is 325 g/mol. The fraction of sp³-hybridized carbons (Fsp3) is 0.333. The molecular weight excluding hydrogens is 313 g/mol. The largest absolute Gasteiger partial charge is 0.213 e. The van der Waals surface area contributed by atoms with Gasteiger partial charge in [0.1, 0.15) is 0 Å². The molecule has 0 atom stereocenters. The Morgan fingerprint density at radius 2 is 1.79 bits per heavy atom. The zero-order chi connectivity index (χ0) is 10.8. The number of rotatable bonds is 3. The molecule has 0 radical (unpaired) electrons. The van der Waals surface area contributed by atoms with Crippen molar-refractivity contribution in [3.05, 3.63) is 33.4 Å². The predicted octanol–water partition coefficient (Wildman–Crippen LogP) is 1.68. The molecule has 0 saturated heterocycles. The minimum Gasteiger partial charge on any atom is -0.213 e. The van der Waals surface area contributed by atoms with E-state index in [0.29, 0.717) is 6.54 Å². The molecule has 14 heavy (non-hydrogen) atoms. The summed E-state index contributed by atoms with van der Waals surface area (Å²) in [5.74, 6) is 0. The molecular formula is C9H12INO2S. The second-order valence-corrected chi connectivity index (χ2v) is 6.48. The maximum absolute atomic E-state index is 11.1. The third-order valence-corrected chi connectivity index (χ3v) is 3.87. The molecule has 0 N–H and O–H groups in total. The highest BCUT2D eigenvalue weighted by molar-refractivity contribution is 14.1. The molecule has 0 bridgehead atoms. The van der Waals surface area contributed by atoms with Crippen molar-refractivity contribution >= 4 is 32.6 Å².